The van der Waals surface area contributed by atoms with E-state index in [1.54, 1.807) is 29.1 Å². The van der Waals surface area contributed by atoms with Crippen LogP contribution in [0.15, 0.2) is 65.8 Å². The zero-order valence-corrected chi connectivity index (χ0v) is 18.3. The van der Waals surface area contributed by atoms with Crippen LogP contribution in [0.25, 0.3) is 10.2 Å². The number of thiazole rings is 1. The maximum absolute atomic E-state index is 13.6. The molecule has 0 bridgehead atoms. The van der Waals surface area contributed by atoms with Crippen molar-refractivity contribution in [3.63, 3.8) is 0 Å². The molecule has 4 nitrogen and oxygen atoms in total. The van der Waals surface area contributed by atoms with Crippen LogP contribution < -0.4 is 4.90 Å². The number of nitrogens with zero attached hydrogens (tertiary/aromatic N) is 3. The fraction of sp³-hybridized carbons (Fsp3) is 0.136. The number of anilines is 1. The van der Waals surface area contributed by atoms with E-state index in [-0.39, 0.29) is 5.91 Å². The van der Waals surface area contributed by atoms with E-state index in [1.165, 1.54) is 11.3 Å². The van der Waals surface area contributed by atoms with Gasteiger partial charge in [0, 0.05) is 22.3 Å². The standard InChI is InChI=1S/C22H18ClN3OS2/c1-14-11-16(23)12-19-20(14)25-22(29-19)26(13-15-7-9-24-10-8-15)21(27)17-5-3-4-6-18(17)28-2/h3-12H,13H2,1-2H3. The average Bonchev–Trinajstić information content (AvgIpc) is 3.16. The minimum Gasteiger partial charge on any atom is -0.279 e. The second-order valence-electron chi connectivity index (χ2n) is 6.51. The Bertz CT molecular complexity index is 1180. The minimum atomic E-state index is -0.0745. The Balaban J connectivity index is 1.82. The van der Waals surface area contributed by atoms with Gasteiger partial charge < -0.3 is 0 Å². The molecule has 0 spiro atoms. The molecule has 4 aromatic rings. The Morgan fingerprint density at radius 3 is 2.69 bits per heavy atom. The van der Waals surface area contributed by atoms with Gasteiger partial charge in [0.15, 0.2) is 5.13 Å². The van der Waals surface area contributed by atoms with Crippen molar-refractivity contribution in [2.45, 2.75) is 18.4 Å². The molecule has 0 aliphatic heterocycles. The molecular weight excluding hydrogens is 422 g/mol. The highest BCUT2D eigenvalue weighted by atomic mass is 35.5. The van der Waals surface area contributed by atoms with E-state index < -0.39 is 0 Å². The number of carbonyl (C=O) groups is 1. The van der Waals surface area contributed by atoms with Crippen molar-refractivity contribution in [2.75, 3.05) is 11.2 Å². The first-order valence-corrected chi connectivity index (χ1v) is 11.4. The molecule has 0 aliphatic carbocycles. The summed E-state index contributed by atoms with van der Waals surface area (Å²) in [5.41, 5.74) is 3.53. The molecule has 2 aromatic heterocycles. The fourth-order valence-corrected chi connectivity index (χ4v) is 5.13. The Morgan fingerprint density at radius 2 is 1.93 bits per heavy atom. The van der Waals surface area contributed by atoms with E-state index >= 15 is 0 Å². The number of amides is 1. The van der Waals surface area contributed by atoms with Crippen molar-refractivity contribution < 1.29 is 4.79 Å². The molecule has 0 radical (unpaired) electrons. The molecule has 0 saturated carbocycles. The maximum Gasteiger partial charge on any atom is 0.261 e. The van der Waals surface area contributed by atoms with Gasteiger partial charge in [0.1, 0.15) is 0 Å². The SMILES string of the molecule is CSc1ccccc1C(=O)N(Cc1ccncc1)c1nc2c(C)cc(Cl)cc2s1. The van der Waals surface area contributed by atoms with E-state index in [0.717, 1.165) is 26.2 Å². The van der Waals surface area contributed by atoms with Crippen molar-refractivity contribution in [3.8, 4) is 0 Å². The topological polar surface area (TPSA) is 46.1 Å². The highest BCUT2D eigenvalue weighted by Crippen LogP contribution is 2.35. The lowest BCUT2D eigenvalue weighted by Crippen LogP contribution is -2.30. The van der Waals surface area contributed by atoms with Gasteiger partial charge in [-0.2, -0.15) is 0 Å². The molecule has 0 aliphatic rings. The van der Waals surface area contributed by atoms with Gasteiger partial charge in [0.05, 0.1) is 22.3 Å². The van der Waals surface area contributed by atoms with Crippen LogP contribution in [0.5, 0.6) is 0 Å². The Hall–Kier alpha value is -2.41. The molecular formula is C22H18ClN3OS2. The molecule has 0 unspecified atom stereocenters. The lowest BCUT2D eigenvalue weighted by atomic mass is 10.2. The first-order chi connectivity index (χ1) is 14.1. The third-order valence-corrected chi connectivity index (χ3v) is 6.58. The number of aryl methyl sites for hydroxylation is 1. The number of hydrogen-bond donors (Lipinski definition) is 0. The Morgan fingerprint density at radius 1 is 1.17 bits per heavy atom. The molecule has 0 N–H and O–H groups in total. The number of aromatic nitrogens is 2. The first kappa shape index (κ1) is 19.9. The van der Waals surface area contributed by atoms with Gasteiger partial charge in [-0.1, -0.05) is 35.1 Å². The van der Waals surface area contributed by atoms with Crippen LogP contribution in [0.3, 0.4) is 0 Å². The molecule has 4 rings (SSSR count). The lowest BCUT2D eigenvalue weighted by molar-refractivity contribution is 0.0982. The summed E-state index contributed by atoms with van der Waals surface area (Å²) < 4.78 is 0.968. The van der Waals surface area contributed by atoms with E-state index in [9.17, 15) is 4.79 Å². The number of benzene rings is 2. The van der Waals surface area contributed by atoms with Gasteiger partial charge in [-0.25, -0.2) is 4.98 Å². The van der Waals surface area contributed by atoms with Crippen molar-refractivity contribution >= 4 is 56.0 Å². The summed E-state index contributed by atoms with van der Waals surface area (Å²) >= 11 is 9.27. The van der Waals surface area contributed by atoms with Crippen LogP contribution in [-0.2, 0) is 6.54 Å². The van der Waals surface area contributed by atoms with Crippen LogP contribution in [-0.4, -0.2) is 22.1 Å². The average molecular weight is 440 g/mol. The number of carbonyl (C=O) groups excluding carboxylic acids is 1. The number of pyridine rings is 1. The summed E-state index contributed by atoms with van der Waals surface area (Å²) in [5.74, 6) is -0.0745. The summed E-state index contributed by atoms with van der Waals surface area (Å²) in [6.07, 6.45) is 5.44. The van der Waals surface area contributed by atoms with E-state index in [0.29, 0.717) is 22.3 Å². The van der Waals surface area contributed by atoms with Crippen LogP contribution >= 0.6 is 34.7 Å². The van der Waals surface area contributed by atoms with Crippen molar-refractivity contribution in [1.29, 1.82) is 0 Å². The predicted molar refractivity (Wildman–Crippen MR) is 122 cm³/mol. The summed E-state index contributed by atoms with van der Waals surface area (Å²) in [5, 5.41) is 1.33. The largest absolute Gasteiger partial charge is 0.279 e. The number of thioether (sulfide) groups is 1. The first-order valence-electron chi connectivity index (χ1n) is 8.97. The second-order valence-corrected chi connectivity index (χ2v) is 8.81. The molecule has 146 valence electrons. The van der Waals surface area contributed by atoms with Crippen molar-refractivity contribution in [2.24, 2.45) is 0 Å². The second kappa shape index (κ2) is 8.53. The van der Waals surface area contributed by atoms with Gasteiger partial charge in [-0.05, 0) is 60.7 Å². The van der Waals surface area contributed by atoms with Crippen molar-refractivity contribution in [1.82, 2.24) is 9.97 Å². The maximum atomic E-state index is 13.6. The third kappa shape index (κ3) is 4.15. The monoisotopic (exact) mass is 439 g/mol. The number of fused-ring (bicyclic) bond motifs is 1. The number of rotatable bonds is 5. The Labute approximate surface area is 182 Å². The van der Waals surface area contributed by atoms with Gasteiger partial charge in [-0.3, -0.25) is 14.7 Å². The smallest absolute Gasteiger partial charge is 0.261 e. The minimum absolute atomic E-state index is 0.0745. The molecule has 2 heterocycles. The quantitative estimate of drug-likeness (QED) is 0.346. The van der Waals surface area contributed by atoms with Crippen LogP contribution in [0.4, 0.5) is 5.13 Å². The molecule has 0 saturated heterocycles. The molecule has 0 atom stereocenters. The normalized spacial score (nSPS) is 11.0. The summed E-state index contributed by atoms with van der Waals surface area (Å²) in [4.78, 5) is 25.1. The van der Waals surface area contributed by atoms with E-state index in [2.05, 4.69) is 4.98 Å². The Kier molecular flexibility index (Phi) is 5.85. The highest BCUT2D eigenvalue weighted by molar-refractivity contribution is 7.98. The van der Waals surface area contributed by atoms with Gasteiger partial charge >= 0.3 is 0 Å². The van der Waals surface area contributed by atoms with Crippen LogP contribution in [0, 0.1) is 6.92 Å². The third-order valence-electron chi connectivity index (χ3n) is 4.54. The van der Waals surface area contributed by atoms with Crippen molar-refractivity contribution in [3.05, 3.63) is 82.6 Å². The van der Waals surface area contributed by atoms with E-state index in [4.69, 9.17) is 16.6 Å². The molecule has 7 heteroatoms. The van der Waals surface area contributed by atoms with E-state index in [1.807, 2.05) is 61.7 Å². The summed E-state index contributed by atoms with van der Waals surface area (Å²) in [6, 6.07) is 15.3. The van der Waals surface area contributed by atoms with Crippen LogP contribution in [0.2, 0.25) is 5.02 Å². The zero-order valence-electron chi connectivity index (χ0n) is 15.9. The van der Waals surface area contributed by atoms with Gasteiger partial charge in [-0.15, -0.1) is 11.8 Å². The lowest BCUT2D eigenvalue weighted by Gasteiger charge is -2.21. The molecule has 1 amide bonds. The van der Waals surface area contributed by atoms with Gasteiger partial charge in [0.25, 0.3) is 5.91 Å². The molecule has 0 fully saturated rings. The summed E-state index contributed by atoms with van der Waals surface area (Å²) in [7, 11) is 0. The molecule has 29 heavy (non-hydrogen) atoms. The predicted octanol–water partition coefficient (Wildman–Crippen LogP) is 6.22. The fourth-order valence-electron chi connectivity index (χ4n) is 3.12. The number of hydrogen-bond acceptors (Lipinski definition) is 5. The van der Waals surface area contributed by atoms with Crippen LogP contribution in [0.1, 0.15) is 21.5 Å². The number of halogens is 1. The molecule has 2 aromatic carbocycles. The summed E-state index contributed by atoms with van der Waals surface area (Å²) in [6.45, 7) is 2.40. The zero-order chi connectivity index (χ0) is 20.4. The van der Waals surface area contributed by atoms with Gasteiger partial charge in [0.2, 0.25) is 0 Å². The highest BCUT2D eigenvalue weighted by Gasteiger charge is 2.24.